The number of aromatic nitrogens is 1. The first-order valence-corrected chi connectivity index (χ1v) is 6.23. The van der Waals surface area contributed by atoms with Crippen molar-refractivity contribution in [2.45, 2.75) is 20.8 Å². The van der Waals surface area contributed by atoms with Gasteiger partial charge >= 0.3 is 6.03 Å². The Labute approximate surface area is 117 Å². The smallest absolute Gasteiger partial charge is 0.323 e. The van der Waals surface area contributed by atoms with Crippen molar-refractivity contribution >= 4 is 11.8 Å². The van der Waals surface area contributed by atoms with Crippen LogP contribution in [0.25, 0.3) is 0 Å². The van der Waals surface area contributed by atoms with Gasteiger partial charge in [-0.2, -0.15) is 0 Å². The molecule has 2 amide bonds. The monoisotopic (exact) mass is 275 g/mol. The molecule has 20 heavy (non-hydrogen) atoms. The highest BCUT2D eigenvalue weighted by Gasteiger charge is 2.05. The summed E-state index contributed by atoms with van der Waals surface area (Å²) in [6, 6.07) is 7.09. The first-order valence-electron chi connectivity index (χ1n) is 6.23. The van der Waals surface area contributed by atoms with Gasteiger partial charge in [-0.15, -0.1) is 0 Å². The van der Waals surface area contributed by atoms with Crippen molar-refractivity contribution in [3.63, 3.8) is 0 Å². The number of carbonyl (C=O) groups is 1. The van der Waals surface area contributed by atoms with Crippen LogP contribution >= 0.6 is 0 Å². The van der Waals surface area contributed by atoms with E-state index in [0.717, 1.165) is 11.3 Å². The lowest BCUT2D eigenvalue weighted by molar-refractivity contribution is 0.234. The Morgan fingerprint density at radius 2 is 2.10 bits per heavy atom. The number of ether oxygens (including phenoxy) is 1. The van der Waals surface area contributed by atoms with E-state index in [-0.39, 0.29) is 6.73 Å². The van der Waals surface area contributed by atoms with Crippen molar-refractivity contribution in [2.75, 3.05) is 12.0 Å². The average Bonchev–Trinajstić information content (AvgIpc) is 2.77. The summed E-state index contributed by atoms with van der Waals surface area (Å²) in [6.45, 7) is 5.80. The van der Waals surface area contributed by atoms with Crippen LogP contribution in [0.2, 0.25) is 0 Å². The van der Waals surface area contributed by atoms with Gasteiger partial charge in [0.25, 0.3) is 0 Å². The molecule has 0 spiro atoms. The van der Waals surface area contributed by atoms with E-state index in [4.69, 9.17) is 9.26 Å². The molecule has 0 radical (unpaired) electrons. The minimum Gasteiger partial charge on any atom is -0.473 e. The van der Waals surface area contributed by atoms with Gasteiger partial charge < -0.3 is 14.6 Å². The predicted molar refractivity (Wildman–Crippen MR) is 74.8 cm³/mol. The Morgan fingerprint density at radius 1 is 1.30 bits per heavy atom. The van der Waals surface area contributed by atoms with Crippen LogP contribution in [0.15, 0.2) is 28.8 Å². The Hall–Kier alpha value is -2.50. The van der Waals surface area contributed by atoms with E-state index in [1.807, 2.05) is 32.0 Å². The van der Waals surface area contributed by atoms with Crippen LogP contribution in [0.5, 0.6) is 5.75 Å². The number of anilines is 1. The van der Waals surface area contributed by atoms with Crippen LogP contribution in [0.3, 0.4) is 0 Å². The molecule has 0 aliphatic rings. The van der Waals surface area contributed by atoms with Gasteiger partial charge in [-0.3, -0.25) is 5.32 Å². The van der Waals surface area contributed by atoms with Crippen LogP contribution in [0.1, 0.15) is 16.9 Å². The third-order valence-electron chi connectivity index (χ3n) is 2.66. The maximum atomic E-state index is 11.6. The molecule has 0 atom stereocenters. The lowest BCUT2D eigenvalue weighted by atomic mass is 10.1. The second-order valence-corrected chi connectivity index (χ2v) is 4.51. The number of hydrogen-bond donors (Lipinski definition) is 2. The standard InChI is InChI=1S/C14H17N3O3/c1-9-4-5-12(10(2)6-9)19-8-15-14(18)16-13-7-11(3)20-17-13/h4-7H,8H2,1-3H3,(H2,15,16,17,18). The molecule has 0 saturated carbocycles. The molecule has 0 fully saturated rings. The summed E-state index contributed by atoms with van der Waals surface area (Å²) in [4.78, 5) is 11.6. The maximum absolute atomic E-state index is 11.6. The largest absolute Gasteiger partial charge is 0.473 e. The van der Waals surface area contributed by atoms with Crippen molar-refractivity contribution < 1.29 is 14.1 Å². The molecule has 2 rings (SSSR count). The third-order valence-corrected chi connectivity index (χ3v) is 2.66. The Morgan fingerprint density at radius 3 is 2.75 bits per heavy atom. The van der Waals surface area contributed by atoms with Crippen molar-refractivity contribution in [1.82, 2.24) is 10.5 Å². The number of rotatable bonds is 4. The first-order chi connectivity index (χ1) is 9.54. The number of urea groups is 1. The SMILES string of the molecule is Cc1ccc(OCNC(=O)Nc2cc(C)on2)c(C)c1. The van der Waals surface area contributed by atoms with Crippen LogP contribution < -0.4 is 15.4 Å². The number of carbonyl (C=O) groups excluding carboxylic acids is 1. The molecular formula is C14H17N3O3. The fourth-order valence-electron chi connectivity index (χ4n) is 1.73. The molecule has 1 heterocycles. The molecule has 0 aliphatic heterocycles. The molecule has 1 aromatic heterocycles. The quantitative estimate of drug-likeness (QED) is 0.841. The second kappa shape index (κ2) is 6.10. The fourth-order valence-corrected chi connectivity index (χ4v) is 1.73. The number of amides is 2. The van der Waals surface area contributed by atoms with E-state index in [9.17, 15) is 4.79 Å². The number of nitrogens with one attached hydrogen (secondary N) is 2. The molecule has 0 aliphatic carbocycles. The normalized spacial score (nSPS) is 10.2. The Balaban J connectivity index is 1.79. The van der Waals surface area contributed by atoms with Crippen molar-refractivity contribution in [2.24, 2.45) is 0 Å². The molecule has 2 N–H and O–H groups in total. The maximum Gasteiger partial charge on any atom is 0.323 e. The minimum absolute atomic E-state index is 0.0760. The number of hydrogen-bond acceptors (Lipinski definition) is 4. The Bertz CT molecular complexity index is 607. The molecule has 0 unspecified atom stereocenters. The lowest BCUT2D eigenvalue weighted by Crippen LogP contribution is -2.32. The van der Waals surface area contributed by atoms with E-state index in [2.05, 4.69) is 15.8 Å². The molecule has 106 valence electrons. The molecule has 0 bridgehead atoms. The zero-order chi connectivity index (χ0) is 14.5. The summed E-state index contributed by atoms with van der Waals surface area (Å²) < 4.78 is 10.3. The van der Waals surface area contributed by atoms with E-state index in [1.54, 1.807) is 13.0 Å². The summed E-state index contributed by atoms with van der Waals surface area (Å²) in [6.07, 6.45) is 0. The summed E-state index contributed by atoms with van der Waals surface area (Å²) in [7, 11) is 0. The van der Waals surface area contributed by atoms with Crippen molar-refractivity contribution in [1.29, 1.82) is 0 Å². The van der Waals surface area contributed by atoms with Crippen LogP contribution in [-0.4, -0.2) is 17.9 Å². The van der Waals surface area contributed by atoms with Gasteiger partial charge in [0.2, 0.25) is 0 Å². The van der Waals surface area contributed by atoms with Gasteiger partial charge in [0.05, 0.1) is 0 Å². The highest BCUT2D eigenvalue weighted by molar-refractivity contribution is 5.87. The van der Waals surface area contributed by atoms with E-state index in [1.165, 1.54) is 5.56 Å². The topological polar surface area (TPSA) is 76.4 Å². The first kappa shape index (κ1) is 13.9. The van der Waals surface area contributed by atoms with Gasteiger partial charge in [-0.1, -0.05) is 22.9 Å². The number of benzene rings is 1. The number of nitrogens with zero attached hydrogens (tertiary/aromatic N) is 1. The van der Waals surface area contributed by atoms with Crippen LogP contribution in [0, 0.1) is 20.8 Å². The van der Waals surface area contributed by atoms with Gasteiger partial charge in [0, 0.05) is 6.07 Å². The zero-order valence-electron chi connectivity index (χ0n) is 11.7. The fraction of sp³-hybridized carbons (Fsp3) is 0.286. The summed E-state index contributed by atoms with van der Waals surface area (Å²) in [5.41, 5.74) is 2.20. The number of aryl methyl sites for hydroxylation is 3. The minimum atomic E-state index is -0.400. The Kier molecular flexibility index (Phi) is 4.24. The van der Waals surface area contributed by atoms with Crippen LogP contribution in [-0.2, 0) is 0 Å². The molecule has 0 saturated heterocycles. The molecular weight excluding hydrogens is 258 g/mol. The van der Waals surface area contributed by atoms with Crippen molar-refractivity contribution in [3.8, 4) is 5.75 Å². The molecule has 1 aromatic carbocycles. The van der Waals surface area contributed by atoms with Crippen molar-refractivity contribution in [3.05, 3.63) is 41.2 Å². The van der Waals surface area contributed by atoms with E-state index >= 15 is 0 Å². The van der Waals surface area contributed by atoms with Gasteiger partial charge in [-0.25, -0.2) is 4.79 Å². The predicted octanol–water partition coefficient (Wildman–Crippen LogP) is 2.76. The molecule has 6 heteroatoms. The lowest BCUT2D eigenvalue weighted by Gasteiger charge is -2.10. The summed E-state index contributed by atoms with van der Waals surface area (Å²) in [5, 5.41) is 8.77. The highest BCUT2D eigenvalue weighted by Crippen LogP contribution is 2.18. The van der Waals surface area contributed by atoms with Crippen LogP contribution in [0.4, 0.5) is 10.6 Å². The molecule has 6 nitrogen and oxygen atoms in total. The second-order valence-electron chi connectivity index (χ2n) is 4.51. The highest BCUT2D eigenvalue weighted by atomic mass is 16.5. The summed E-state index contributed by atoms with van der Waals surface area (Å²) in [5.74, 6) is 1.74. The van der Waals surface area contributed by atoms with E-state index < -0.39 is 6.03 Å². The summed E-state index contributed by atoms with van der Waals surface area (Å²) >= 11 is 0. The van der Waals surface area contributed by atoms with Gasteiger partial charge in [0.15, 0.2) is 12.5 Å². The molecule has 2 aromatic rings. The average molecular weight is 275 g/mol. The van der Waals surface area contributed by atoms with Gasteiger partial charge in [-0.05, 0) is 32.4 Å². The zero-order valence-corrected chi connectivity index (χ0v) is 11.7. The third kappa shape index (κ3) is 3.74. The van der Waals surface area contributed by atoms with Gasteiger partial charge in [0.1, 0.15) is 11.5 Å². The van der Waals surface area contributed by atoms with E-state index in [0.29, 0.717) is 11.6 Å².